The van der Waals surface area contributed by atoms with Crippen molar-refractivity contribution in [1.29, 1.82) is 0 Å². The number of halogens is 1. The quantitative estimate of drug-likeness (QED) is 0.671. The summed E-state index contributed by atoms with van der Waals surface area (Å²) in [6.07, 6.45) is 3.39. The molecule has 0 spiro atoms. The molecule has 2 aromatic rings. The fourth-order valence-corrected chi connectivity index (χ4v) is 3.49. The van der Waals surface area contributed by atoms with Gasteiger partial charge in [-0.25, -0.2) is 4.39 Å². The molecule has 1 aliphatic rings. The lowest BCUT2D eigenvalue weighted by Gasteiger charge is -2.22. The average molecular weight is 398 g/mol. The Kier molecular flexibility index (Phi) is 6.86. The lowest BCUT2D eigenvalue weighted by molar-refractivity contribution is -0.124. The van der Waals surface area contributed by atoms with Crippen molar-refractivity contribution in [2.45, 2.75) is 39.2 Å². The molecule has 2 N–H and O–H groups in total. The molecule has 5 nitrogen and oxygen atoms in total. The van der Waals surface area contributed by atoms with Gasteiger partial charge in [0, 0.05) is 0 Å². The smallest absolute Gasteiger partial charge is 0.254 e. The number of ether oxygens (including phenoxy) is 1. The highest BCUT2D eigenvalue weighted by Gasteiger charge is 2.25. The van der Waals surface area contributed by atoms with Gasteiger partial charge in [-0.3, -0.25) is 9.59 Å². The van der Waals surface area contributed by atoms with Gasteiger partial charge in [0.15, 0.2) is 0 Å². The maximum Gasteiger partial charge on any atom is 0.254 e. The van der Waals surface area contributed by atoms with Crippen molar-refractivity contribution in [3.05, 3.63) is 65.0 Å². The van der Waals surface area contributed by atoms with Crippen molar-refractivity contribution in [2.24, 2.45) is 5.92 Å². The summed E-state index contributed by atoms with van der Waals surface area (Å²) in [5.41, 5.74) is 2.64. The van der Waals surface area contributed by atoms with E-state index in [1.54, 1.807) is 6.07 Å². The molecule has 2 amide bonds. The molecule has 0 fully saturated rings. The van der Waals surface area contributed by atoms with Gasteiger partial charge >= 0.3 is 0 Å². The van der Waals surface area contributed by atoms with Crippen LogP contribution in [-0.4, -0.2) is 31.0 Å². The number of amides is 2. The van der Waals surface area contributed by atoms with E-state index in [0.717, 1.165) is 18.6 Å². The zero-order valence-electron chi connectivity index (χ0n) is 16.8. The number of carbonyl (C=O) groups excluding carboxylic acids is 2. The van der Waals surface area contributed by atoms with Crippen LogP contribution in [0.15, 0.2) is 42.5 Å². The van der Waals surface area contributed by atoms with E-state index in [9.17, 15) is 14.0 Å². The average Bonchev–Trinajstić information content (AvgIpc) is 3.17. The number of nitrogens with one attached hydrogen (secondary N) is 2. The van der Waals surface area contributed by atoms with E-state index in [2.05, 4.69) is 22.8 Å². The van der Waals surface area contributed by atoms with Crippen LogP contribution in [0.2, 0.25) is 0 Å². The second kappa shape index (κ2) is 9.54. The fourth-order valence-electron chi connectivity index (χ4n) is 3.49. The third kappa shape index (κ3) is 5.34. The molecule has 0 aromatic heterocycles. The highest BCUT2D eigenvalue weighted by molar-refractivity contribution is 5.97. The van der Waals surface area contributed by atoms with Crippen LogP contribution in [0, 0.1) is 11.7 Å². The Morgan fingerprint density at radius 2 is 1.86 bits per heavy atom. The Hall–Kier alpha value is -2.89. The largest absolute Gasteiger partial charge is 0.492 e. The minimum absolute atomic E-state index is 0.0779. The maximum atomic E-state index is 13.8. The molecule has 2 aromatic carbocycles. The normalized spacial score (nSPS) is 13.7. The molecule has 6 heteroatoms. The summed E-state index contributed by atoms with van der Waals surface area (Å²) in [6, 6.07) is 11.1. The van der Waals surface area contributed by atoms with Gasteiger partial charge in [-0.05, 0) is 60.6 Å². The van der Waals surface area contributed by atoms with Crippen LogP contribution in [0.25, 0.3) is 0 Å². The third-order valence-electron chi connectivity index (χ3n) is 5.09. The molecule has 154 valence electrons. The van der Waals surface area contributed by atoms with Gasteiger partial charge in [0.05, 0.1) is 12.1 Å². The molecule has 0 heterocycles. The molecule has 0 saturated heterocycles. The van der Waals surface area contributed by atoms with Gasteiger partial charge in [0.25, 0.3) is 5.91 Å². The Bertz CT molecular complexity index is 882. The van der Waals surface area contributed by atoms with Crippen LogP contribution < -0.4 is 15.4 Å². The molecule has 1 atom stereocenters. The van der Waals surface area contributed by atoms with E-state index in [1.165, 1.54) is 35.7 Å². The number of carbonyl (C=O) groups is 2. The van der Waals surface area contributed by atoms with E-state index in [-0.39, 0.29) is 17.4 Å². The van der Waals surface area contributed by atoms with Gasteiger partial charge in [0.1, 0.15) is 24.2 Å². The maximum absolute atomic E-state index is 13.8. The van der Waals surface area contributed by atoms with Crippen LogP contribution in [0.3, 0.4) is 0 Å². The molecule has 0 aliphatic heterocycles. The monoisotopic (exact) mass is 398 g/mol. The predicted molar refractivity (Wildman–Crippen MR) is 109 cm³/mol. The van der Waals surface area contributed by atoms with Gasteiger partial charge in [-0.1, -0.05) is 32.0 Å². The van der Waals surface area contributed by atoms with Crippen LogP contribution in [0.1, 0.15) is 41.8 Å². The minimum atomic E-state index is -0.762. The molecule has 0 saturated carbocycles. The fraction of sp³-hybridized carbons (Fsp3) is 0.391. The molecule has 3 rings (SSSR count). The Morgan fingerprint density at radius 3 is 2.62 bits per heavy atom. The summed E-state index contributed by atoms with van der Waals surface area (Å²) in [4.78, 5) is 24.9. The van der Waals surface area contributed by atoms with E-state index >= 15 is 0 Å². The summed E-state index contributed by atoms with van der Waals surface area (Å²) in [6.45, 7) is 4.30. The Morgan fingerprint density at radius 1 is 1.10 bits per heavy atom. The number of aryl methyl sites for hydroxylation is 2. The number of hydrogen-bond donors (Lipinski definition) is 2. The number of rotatable bonds is 8. The van der Waals surface area contributed by atoms with Gasteiger partial charge in [-0.2, -0.15) is 0 Å². The zero-order valence-corrected chi connectivity index (χ0v) is 16.8. The highest BCUT2D eigenvalue weighted by Crippen LogP contribution is 2.25. The molecule has 1 aliphatic carbocycles. The molecule has 0 unspecified atom stereocenters. The van der Waals surface area contributed by atoms with Crippen molar-refractivity contribution >= 4 is 11.8 Å². The summed E-state index contributed by atoms with van der Waals surface area (Å²) >= 11 is 0. The SMILES string of the molecule is CC(C)[C@@H](NC(=O)c1ccccc1F)C(=O)NCCOc1ccc2c(c1)CCC2. The van der Waals surface area contributed by atoms with Crippen LogP contribution >= 0.6 is 0 Å². The number of benzene rings is 2. The molecule has 0 bridgehead atoms. The topological polar surface area (TPSA) is 67.4 Å². The zero-order chi connectivity index (χ0) is 20.8. The van der Waals surface area contributed by atoms with Crippen LogP contribution in [-0.2, 0) is 17.6 Å². The van der Waals surface area contributed by atoms with E-state index < -0.39 is 17.8 Å². The first-order valence-corrected chi connectivity index (χ1v) is 10.0. The third-order valence-corrected chi connectivity index (χ3v) is 5.09. The molecular weight excluding hydrogens is 371 g/mol. The van der Waals surface area contributed by atoms with Crippen molar-refractivity contribution in [2.75, 3.05) is 13.2 Å². The van der Waals surface area contributed by atoms with Gasteiger partial charge < -0.3 is 15.4 Å². The van der Waals surface area contributed by atoms with Crippen LogP contribution in [0.4, 0.5) is 4.39 Å². The first kappa shape index (κ1) is 20.8. The van der Waals surface area contributed by atoms with Crippen LogP contribution in [0.5, 0.6) is 5.75 Å². The van der Waals surface area contributed by atoms with E-state index in [1.807, 2.05) is 19.9 Å². The number of hydrogen-bond acceptors (Lipinski definition) is 3. The van der Waals surface area contributed by atoms with Crippen molar-refractivity contribution in [3.8, 4) is 5.75 Å². The second-order valence-electron chi connectivity index (χ2n) is 7.60. The minimum Gasteiger partial charge on any atom is -0.492 e. The Labute approximate surface area is 170 Å². The summed E-state index contributed by atoms with van der Waals surface area (Å²) in [5.74, 6) is -0.888. The van der Waals surface area contributed by atoms with Crippen molar-refractivity contribution in [3.63, 3.8) is 0 Å². The Balaban J connectivity index is 1.49. The molecule has 0 radical (unpaired) electrons. The number of fused-ring (bicyclic) bond motifs is 1. The first-order valence-electron chi connectivity index (χ1n) is 10.0. The van der Waals surface area contributed by atoms with E-state index in [4.69, 9.17) is 4.74 Å². The van der Waals surface area contributed by atoms with Crippen molar-refractivity contribution < 1.29 is 18.7 Å². The summed E-state index contributed by atoms with van der Waals surface area (Å²) in [5, 5.41) is 5.41. The summed E-state index contributed by atoms with van der Waals surface area (Å²) in [7, 11) is 0. The lowest BCUT2D eigenvalue weighted by Crippen LogP contribution is -2.50. The lowest BCUT2D eigenvalue weighted by atomic mass is 10.0. The van der Waals surface area contributed by atoms with Crippen molar-refractivity contribution in [1.82, 2.24) is 10.6 Å². The first-order chi connectivity index (χ1) is 14.0. The molecule has 29 heavy (non-hydrogen) atoms. The van der Waals surface area contributed by atoms with E-state index in [0.29, 0.717) is 13.2 Å². The highest BCUT2D eigenvalue weighted by atomic mass is 19.1. The second-order valence-corrected chi connectivity index (χ2v) is 7.60. The predicted octanol–water partition coefficient (Wildman–Crippen LogP) is 3.26. The standard InChI is InChI=1S/C23H27FN2O3/c1-15(2)21(26-22(27)19-8-3-4-9-20(19)24)23(28)25-12-13-29-18-11-10-16-6-5-7-17(16)14-18/h3-4,8-11,14-15,21H,5-7,12-13H2,1-2H3,(H,25,28)(H,26,27)/t21-/m1/s1. The molecular formula is C23H27FN2O3. The summed E-state index contributed by atoms with van der Waals surface area (Å²) < 4.78 is 19.5. The van der Waals surface area contributed by atoms with Gasteiger partial charge in [0.2, 0.25) is 5.91 Å². The van der Waals surface area contributed by atoms with Gasteiger partial charge in [-0.15, -0.1) is 0 Å².